The molecular weight excluding hydrogens is 295 g/mol. The van der Waals surface area contributed by atoms with Crippen LogP contribution in [0.3, 0.4) is 0 Å². The zero-order chi connectivity index (χ0) is 15.6. The van der Waals surface area contributed by atoms with Gasteiger partial charge in [-0.15, -0.1) is 0 Å². The molecule has 1 aromatic rings. The molecular formula is C10H10F7N3. The summed E-state index contributed by atoms with van der Waals surface area (Å²) in [4.78, 5) is 3.53. The molecule has 1 heterocycles. The summed E-state index contributed by atoms with van der Waals surface area (Å²) >= 11 is 0. The third kappa shape index (κ3) is 4.14. The minimum absolute atomic E-state index is 0.234. The van der Waals surface area contributed by atoms with Crippen LogP contribution in [0.2, 0.25) is 0 Å². The van der Waals surface area contributed by atoms with Crippen molar-refractivity contribution in [2.45, 2.75) is 18.5 Å². The molecule has 1 rings (SSSR count). The topological polar surface area (TPSA) is 37.0 Å². The number of hydrogen-bond acceptors (Lipinski definition) is 3. The lowest BCUT2D eigenvalue weighted by molar-refractivity contribution is -0.137. The first-order valence-corrected chi connectivity index (χ1v) is 5.23. The van der Waals surface area contributed by atoms with Gasteiger partial charge in [-0.3, -0.25) is 0 Å². The van der Waals surface area contributed by atoms with Crippen LogP contribution in [-0.4, -0.2) is 30.9 Å². The molecule has 0 aromatic carbocycles. The quantitative estimate of drug-likeness (QED) is 0.818. The molecule has 0 bridgehead atoms. The Kier molecular flexibility index (Phi) is 4.66. The summed E-state index contributed by atoms with van der Waals surface area (Å²) in [5.74, 6) is -5.18. The van der Waals surface area contributed by atoms with Gasteiger partial charge in [-0.2, -0.15) is 22.0 Å². The number of alkyl halides is 7. The second kappa shape index (κ2) is 5.71. The molecule has 0 unspecified atom stereocenters. The smallest absolute Gasteiger partial charge is 0.373 e. The minimum Gasteiger partial charge on any atom is -0.373 e. The second-order valence-electron chi connectivity index (χ2n) is 3.79. The van der Waals surface area contributed by atoms with Crippen LogP contribution in [0, 0.1) is 0 Å². The maximum absolute atomic E-state index is 12.7. The van der Waals surface area contributed by atoms with Gasteiger partial charge in [-0.1, -0.05) is 0 Å². The lowest BCUT2D eigenvalue weighted by Gasteiger charge is -2.17. The van der Waals surface area contributed by atoms with Crippen molar-refractivity contribution in [1.29, 1.82) is 0 Å². The largest absolute Gasteiger partial charge is 0.416 e. The van der Waals surface area contributed by atoms with Gasteiger partial charge in [0.1, 0.15) is 11.6 Å². The molecule has 20 heavy (non-hydrogen) atoms. The fourth-order valence-corrected chi connectivity index (χ4v) is 1.20. The van der Waals surface area contributed by atoms with Crippen LogP contribution in [0.25, 0.3) is 0 Å². The van der Waals surface area contributed by atoms with E-state index in [1.807, 2.05) is 0 Å². The molecule has 0 saturated carbocycles. The van der Waals surface area contributed by atoms with E-state index in [9.17, 15) is 30.7 Å². The number of anilines is 2. The molecule has 0 aliphatic heterocycles. The van der Waals surface area contributed by atoms with E-state index >= 15 is 0 Å². The monoisotopic (exact) mass is 305 g/mol. The van der Waals surface area contributed by atoms with Crippen molar-refractivity contribution in [2.75, 3.05) is 24.2 Å². The van der Waals surface area contributed by atoms with Gasteiger partial charge in [0.2, 0.25) is 0 Å². The number of aromatic nitrogens is 1. The van der Waals surface area contributed by atoms with Gasteiger partial charge in [0.15, 0.2) is 0 Å². The lowest BCUT2D eigenvalue weighted by Crippen LogP contribution is -2.35. The fraction of sp³-hybridized carbons (Fsp3) is 0.500. The summed E-state index contributed by atoms with van der Waals surface area (Å²) in [5, 5.41) is 4.09. The zero-order valence-electron chi connectivity index (χ0n) is 10.0. The van der Waals surface area contributed by atoms with Crippen LogP contribution >= 0.6 is 0 Å². The van der Waals surface area contributed by atoms with E-state index in [1.165, 1.54) is 7.05 Å². The Balaban J connectivity index is 2.96. The maximum Gasteiger partial charge on any atom is 0.416 e. The summed E-state index contributed by atoms with van der Waals surface area (Å²) < 4.78 is 86.8. The minimum atomic E-state index is -4.71. The highest BCUT2D eigenvalue weighted by Crippen LogP contribution is 2.32. The van der Waals surface area contributed by atoms with Gasteiger partial charge in [-0.25, -0.2) is 13.8 Å². The Morgan fingerprint density at radius 3 is 2.10 bits per heavy atom. The molecule has 2 N–H and O–H groups in total. The van der Waals surface area contributed by atoms with E-state index in [0.29, 0.717) is 12.1 Å². The standard InChI is InChI=1S/C10H10F7N3/c1-18-6-2-5(10(15,16)17)3-7(20-6)19-4-9(13,14)8(11)12/h2-3,8H,4H2,1H3,(H2,18,19,20). The summed E-state index contributed by atoms with van der Waals surface area (Å²) in [6.07, 6.45) is -8.64. The van der Waals surface area contributed by atoms with Crippen molar-refractivity contribution >= 4 is 11.6 Å². The summed E-state index contributed by atoms with van der Waals surface area (Å²) in [5.41, 5.74) is -1.14. The Labute approximate surface area is 109 Å². The number of rotatable bonds is 5. The average Bonchev–Trinajstić information content (AvgIpc) is 2.34. The highest BCUT2D eigenvalue weighted by molar-refractivity contribution is 5.49. The lowest BCUT2D eigenvalue weighted by atomic mass is 10.2. The first-order chi connectivity index (χ1) is 9.06. The molecule has 3 nitrogen and oxygen atoms in total. The molecule has 1 aromatic heterocycles. The van der Waals surface area contributed by atoms with Crippen molar-refractivity contribution in [2.24, 2.45) is 0 Å². The van der Waals surface area contributed by atoms with Gasteiger partial charge in [0.05, 0.1) is 12.1 Å². The number of halogens is 7. The average molecular weight is 305 g/mol. The summed E-state index contributed by atoms with van der Waals surface area (Å²) in [7, 11) is 1.28. The van der Waals surface area contributed by atoms with E-state index < -0.39 is 36.5 Å². The van der Waals surface area contributed by atoms with E-state index in [1.54, 1.807) is 5.32 Å². The second-order valence-corrected chi connectivity index (χ2v) is 3.79. The van der Waals surface area contributed by atoms with Crippen molar-refractivity contribution in [3.8, 4) is 0 Å². The fourth-order valence-electron chi connectivity index (χ4n) is 1.20. The molecule has 0 atom stereocenters. The molecule has 114 valence electrons. The molecule has 10 heteroatoms. The molecule has 0 fully saturated rings. The van der Waals surface area contributed by atoms with Gasteiger partial charge in [0, 0.05) is 7.05 Å². The van der Waals surface area contributed by atoms with Crippen LogP contribution in [0.5, 0.6) is 0 Å². The Bertz CT molecular complexity index is 459. The van der Waals surface area contributed by atoms with Crippen molar-refractivity contribution in [1.82, 2.24) is 4.98 Å². The molecule has 0 aliphatic rings. The number of hydrogen-bond donors (Lipinski definition) is 2. The summed E-state index contributed by atoms with van der Waals surface area (Å²) in [6.45, 7) is -1.53. The first kappa shape index (κ1) is 16.3. The van der Waals surface area contributed by atoms with Crippen LogP contribution in [-0.2, 0) is 6.18 Å². The number of nitrogens with zero attached hydrogens (tertiary/aromatic N) is 1. The number of pyridine rings is 1. The highest BCUT2D eigenvalue weighted by atomic mass is 19.4. The maximum atomic E-state index is 12.7. The molecule has 0 radical (unpaired) electrons. The van der Waals surface area contributed by atoms with E-state index in [2.05, 4.69) is 10.3 Å². The van der Waals surface area contributed by atoms with Crippen LogP contribution in [0.4, 0.5) is 42.4 Å². The van der Waals surface area contributed by atoms with E-state index in [0.717, 1.165) is 0 Å². The van der Waals surface area contributed by atoms with E-state index in [4.69, 9.17) is 0 Å². The SMILES string of the molecule is CNc1cc(C(F)(F)F)cc(NCC(F)(F)C(F)F)n1. The van der Waals surface area contributed by atoms with Gasteiger partial charge in [-0.05, 0) is 12.1 Å². The van der Waals surface area contributed by atoms with Gasteiger partial charge in [0.25, 0.3) is 0 Å². The molecule has 0 aliphatic carbocycles. The Morgan fingerprint density at radius 2 is 1.65 bits per heavy atom. The molecule has 0 amide bonds. The Hall–Kier alpha value is -1.74. The Morgan fingerprint density at radius 1 is 1.10 bits per heavy atom. The van der Waals surface area contributed by atoms with Crippen LogP contribution in [0.15, 0.2) is 12.1 Å². The van der Waals surface area contributed by atoms with Crippen LogP contribution in [0.1, 0.15) is 5.56 Å². The summed E-state index contributed by atoms with van der Waals surface area (Å²) in [6, 6.07) is 1.12. The van der Waals surface area contributed by atoms with Crippen molar-refractivity contribution in [3.63, 3.8) is 0 Å². The van der Waals surface area contributed by atoms with Crippen molar-refractivity contribution in [3.05, 3.63) is 17.7 Å². The predicted molar refractivity (Wildman–Crippen MR) is 58.2 cm³/mol. The van der Waals surface area contributed by atoms with E-state index in [-0.39, 0.29) is 5.82 Å². The highest BCUT2D eigenvalue weighted by Gasteiger charge is 2.40. The zero-order valence-corrected chi connectivity index (χ0v) is 10.0. The number of nitrogens with one attached hydrogen (secondary N) is 2. The van der Waals surface area contributed by atoms with Crippen molar-refractivity contribution < 1.29 is 30.7 Å². The molecule has 0 saturated heterocycles. The van der Waals surface area contributed by atoms with Crippen LogP contribution < -0.4 is 10.6 Å². The van der Waals surface area contributed by atoms with Gasteiger partial charge < -0.3 is 10.6 Å². The van der Waals surface area contributed by atoms with Gasteiger partial charge >= 0.3 is 18.5 Å². The first-order valence-electron chi connectivity index (χ1n) is 5.23. The third-order valence-electron chi connectivity index (χ3n) is 2.23. The third-order valence-corrected chi connectivity index (χ3v) is 2.23. The molecule has 0 spiro atoms. The predicted octanol–water partition coefficient (Wildman–Crippen LogP) is 3.45. The normalized spacial score (nSPS) is 12.7.